The largest absolute Gasteiger partial charge is 0.392 e. The molecule has 2 saturated carbocycles. The molecule has 0 aromatic heterocycles. The molecule has 2 aliphatic rings. The predicted octanol–water partition coefficient (Wildman–Crippen LogP) is 2.15. The van der Waals surface area contributed by atoms with Gasteiger partial charge in [-0.1, -0.05) is 20.8 Å². The summed E-state index contributed by atoms with van der Waals surface area (Å²) < 4.78 is 0. The van der Waals surface area contributed by atoms with E-state index in [4.69, 9.17) is 0 Å². The van der Waals surface area contributed by atoms with Crippen LogP contribution in [0.4, 0.5) is 0 Å². The fourth-order valence-electron chi connectivity index (χ4n) is 4.32. The molecule has 0 aromatic rings. The van der Waals surface area contributed by atoms with Crippen molar-refractivity contribution >= 4 is 5.78 Å². The normalized spacial score (nSPS) is 49.3. The second-order valence-corrected chi connectivity index (χ2v) is 7.11. The van der Waals surface area contributed by atoms with Crippen molar-refractivity contribution in [1.82, 2.24) is 0 Å². The molecule has 2 fully saturated rings. The summed E-state index contributed by atoms with van der Waals surface area (Å²) in [5.74, 6) is 0.491. The first-order valence-corrected chi connectivity index (χ1v) is 7.14. The van der Waals surface area contributed by atoms with Crippen LogP contribution in [0.3, 0.4) is 0 Å². The second-order valence-electron chi connectivity index (χ2n) is 7.11. The highest BCUT2D eigenvalue weighted by Gasteiger charge is 2.59. The number of hydrogen-bond acceptors (Lipinski definition) is 3. The van der Waals surface area contributed by atoms with E-state index >= 15 is 0 Å². The number of hydrogen-bond donors (Lipinski definition) is 2. The van der Waals surface area contributed by atoms with Gasteiger partial charge in [-0.25, -0.2) is 0 Å². The van der Waals surface area contributed by atoms with Crippen LogP contribution in [0, 0.1) is 23.2 Å². The molecule has 1 unspecified atom stereocenters. The second kappa shape index (κ2) is 4.31. The highest BCUT2D eigenvalue weighted by molar-refractivity contribution is 5.86. The van der Waals surface area contributed by atoms with E-state index in [9.17, 15) is 15.0 Å². The molecule has 0 spiro atoms. The number of carbonyl (C=O) groups excluding carboxylic acids is 1. The van der Waals surface area contributed by atoms with Gasteiger partial charge in [-0.15, -0.1) is 0 Å². The van der Waals surface area contributed by atoms with Gasteiger partial charge in [-0.3, -0.25) is 4.79 Å². The molecule has 3 heteroatoms. The molecule has 2 N–H and O–H groups in total. The number of carbonyl (C=O) groups is 1. The summed E-state index contributed by atoms with van der Waals surface area (Å²) >= 11 is 0. The number of ketones is 1. The Morgan fingerprint density at radius 3 is 2.44 bits per heavy atom. The van der Waals surface area contributed by atoms with Crippen LogP contribution >= 0.6 is 0 Å². The molecule has 0 aliphatic heterocycles. The molecular formula is C15H26O3. The monoisotopic (exact) mass is 254 g/mol. The van der Waals surface area contributed by atoms with Crippen molar-refractivity contribution < 1.29 is 15.0 Å². The van der Waals surface area contributed by atoms with E-state index < -0.39 is 17.1 Å². The number of aliphatic hydroxyl groups excluding tert-OH is 1. The van der Waals surface area contributed by atoms with E-state index in [-0.39, 0.29) is 17.6 Å². The summed E-state index contributed by atoms with van der Waals surface area (Å²) in [6, 6.07) is 0. The molecule has 0 bridgehead atoms. The average Bonchev–Trinajstić information content (AvgIpc) is 2.23. The van der Waals surface area contributed by atoms with Crippen LogP contribution in [0.25, 0.3) is 0 Å². The molecule has 5 atom stereocenters. The summed E-state index contributed by atoms with van der Waals surface area (Å²) in [6.07, 6.45) is 2.04. The fourth-order valence-corrected chi connectivity index (χ4v) is 4.32. The Kier molecular flexibility index (Phi) is 3.35. The number of fused-ring (bicyclic) bond motifs is 1. The molecule has 18 heavy (non-hydrogen) atoms. The van der Waals surface area contributed by atoms with E-state index in [1.54, 1.807) is 6.92 Å². The highest BCUT2D eigenvalue weighted by Crippen LogP contribution is 2.54. The third-order valence-corrected chi connectivity index (χ3v) is 5.49. The standard InChI is InChI=1S/C15H26O3/c1-9(2)10-5-7-14(3)11(16)6-8-15(4,18)13(14)12(10)17/h9-10,12-13,17-18H,5-8H2,1-4H3/t10-,12+,13?,14-,15-/m0/s1. The van der Waals surface area contributed by atoms with Crippen molar-refractivity contribution in [1.29, 1.82) is 0 Å². The molecule has 0 radical (unpaired) electrons. The average molecular weight is 254 g/mol. The van der Waals surface area contributed by atoms with Gasteiger partial charge in [0.2, 0.25) is 0 Å². The Morgan fingerprint density at radius 2 is 1.89 bits per heavy atom. The summed E-state index contributed by atoms with van der Waals surface area (Å²) in [7, 11) is 0. The molecule has 2 rings (SSSR count). The topological polar surface area (TPSA) is 57.5 Å². The molecule has 0 amide bonds. The summed E-state index contributed by atoms with van der Waals surface area (Å²) in [5, 5.41) is 21.3. The van der Waals surface area contributed by atoms with Crippen LogP contribution in [-0.2, 0) is 4.79 Å². The van der Waals surface area contributed by atoms with Crippen LogP contribution in [0.2, 0.25) is 0 Å². The first-order chi connectivity index (χ1) is 8.20. The maximum atomic E-state index is 12.2. The van der Waals surface area contributed by atoms with Crippen molar-refractivity contribution in [2.24, 2.45) is 23.2 Å². The zero-order chi connectivity index (χ0) is 13.7. The number of aliphatic hydroxyl groups is 2. The van der Waals surface area contributed by atoms with Gasteiger partial charge in [-0.05, 0) is 38.0 Å². The minimum atomic E-state index is -0.921. The maximum Gasteiger partial charge on any atom is 0.139 e. The van der Waals surface area contributed by atoms with Gasteiger partial charge in [-0.2, -0.15) is 0 Å². The Labute approximate surface area is 110 Å². The maximum absolute atomic E-state index is 12.2. The zero-order valence-electron chi connectivity index (χ0n) is 11.9. The Morgan fingerprint density at radius 1 is 1.28 bits per heavy atom. The van der Waals surface area contributed by atoms with Gasteiger partial charge < -0.3 is 10.2 Å². The van der Waals surface area contributed by atoms with Gasteiger partial charge >= 0.3 is 0 Å². The lowest BCUT2D eigenvalue weighted by Crippen LogP contribution is -2.62. The molecule has 2 aliphatic carbocycles. The van der Waals surface area contributed by atoms with Gasteiger partial charge in [0.15, 0.2) is 0 Å². The van der Waals surface area contributed by atoms with Gasteiger partial charge in [0.05, 0.1) is 11.7 Å². The fraction of sp³-hybridized carbons (Fsp3) is 0.933. The third kappa shape index (κ3) is 1.92. The molecule has 0 heterocycles. The van der Waals surface area contributed by atoms with Crippen molar-refractivity contribution in [2.45, 2.75) is 65.1 Å². The summed E-state index contributed by atoms with van der Waals surface area (Å²) in [4.78, 5) is 12.2. The number of rotatable bonds is 1. The van der Waals surface area contributed by atoms with E-state index in [0.29, 0.717) is 18.8 Å². The minimum Gasteiger partial charge on any atom is -0.392 e. The van der Waals surface area contributed by atoms with Gasteiger partial charge in [0.1, 0.15) is 5.78 Å². The zero-order valence-corrected chi connectivity index (χ0v) is 11.9. The van der Waals surface area contributed by atoms with Crippen LogP contribution in [-0.4, -0.2) is 27.7 Å². The molecular weight excluding hydrogens is 228 g/mol. The van der Waals surface area contributed by atoms with Crippen molar-refractivity contribution in [2.75, 3.05) is 0 Å². The van der Waals surface area contributed by atoms with E-state index in [2.05, 4.69) is 13.8 Å². The Bertz CT molecular complexity index is 348. The Balaban J connectivity index is 2.38. The lowest BCUT2D eigenvalue weighted by Gasteiger charge is -2.55. The number of Topliss-reactive ketones (excluding diaryl/α,β-unsaturated/α-hetero) is 1. The Hall–Kier alpha value is -0.410. The summed E-state index contributed by atoms with van der Waals surface area (Å²) in [5.41, 5.74) is -1.46. The molecule has 0 saturated heterocycles. The van der Waals surface area contributed by atoms with Crippen molar-refractivity contribution in [3.05, 3.63) is 0 Å². The predicted molar refractivity (Wildman–Crippen MR) is 70.0 cm³/mol. The third-order valence-electron chi connectivity index (χ3n) is 5.49. The lowest BCUT2D eigenvalue weighted by molar-refractivity contribution is -0.189. The molecule has 104 valence electrons. The van der Waals surface area contributed by atoms with Crippen molar-refractivity contribution in [3.63, 3.8) is 0 Å². The SMILES string of the molecule is CC(C)[C@@H]1CC[C@@]2(C)C(=O)CC[C@](C)(O)C2[C@@H]1O. The van der Waals surface area contributed by atoms with Gasteiger partial charge in [0.25, 0.3) is 0 Å². The molecule has 0 aromatic carbocycles. The van der Waals surface area contributed by atoms with Crippen LogP contribution in [0.1, 0.15) is 53.4 Å². The highest BCUT2D eigenvalue weighted by atomic mass is 16.3. The van der Waals surface area contributed by atoms with E-state index in [0.717, 1.165) is 12.8 Å². The van der Waals surface area contributed by atoms with Crippen LogP contribution < -0.4 is 0 Å². The first kappa shape index (κ1) is 14.0. The molecule has 3 nitrogen and oxygen atoms in total. The quantitative estimate of drug-likeness (QED) is 0.754. The van der Waals surface area contributed by atoms with Crippen molar-refractivity contribution in [3.8, 4) is 0 Å². The van der Waals surface area contributed by atoms with Crippen LogP contribution in [0.5, 0.6) is 0 Å². The lowest BCUT2D eigenvalue weighted by atomic mass is 9.51. The smallest absolute Gasteiger partial charge is 0.139 e. The first-order valence-electron chi connectivity index (χ1n) is 7.14. The minimum absolute atomic E-state index is 0.195. The summed E-state index contributed by atoms with van der Waals surface area (Å²) in [6.45, 7) is 7.94. The van der Waals surface area contributed by atoms with Gasteiger partial charge in [0, 0.05) is 17.8 Å². The van der Waals surface area contributed by atoms with E-state index in [1.165, 1.54) is 0 Å². The van der Waals surface area contributed by atoms with Crippen LogP contribution in [0.15, 0.2) is 0 Å². The van der Waals surface area contributed by atoms with E-state index in [1.807, 2.05) is 6.92 Å².